The van der Waals surface area contributed by atoms with Gasteiger partial charge in [-0.25, -0.2) is 0 Å². The van der Waals surface area contributed by atoms with Crippen molar-refractivity contribution in [1.82, 2.24) is 10.3 Å². The molecule has 1 saturated heterocycles. The summed E-state index contributed by atoms with van der Waals surface area (Å²) in [7, 11) is 0. The third-order valence-corrected chi connectivity index (χ3v) is 2.42. The van der Waals surface area contributed by atoms with E-state index in [1.54, 1.807) is 0 Å². The topological polar surface area (TPSA) is 61.8 Å². The first-order valence-corrected chi connectivity index (χ1v) is 4.85. The average molecular weight is 239 g/mol. The summed E-state index contributed by atoms with van der Waals surface area (Å²) >= 11 is 0. The number of hydrogen-bond donors (Lipinski definition) is 1. The van der Waals surface area contributed by atoms with Crippen molar-refractivity contribution in [3.63, 3.8) is 0 Å². The van der Waals surface area contributed by atoms with Gasteiger partial charge in [0.05, 0.1) is 5.29 Å². The van der Waals surface area contributed by atoms with Gasteiger partial charge in [-0.15, -0.1) is 4.91 Å². The monoisotopic (exact) mass is 239 g/mol. The maximum atomic E-state index is 11.8. The molecule has 0 radical (unpaired) electrons. The lowest BCUT2D eigenvalue weighted by molar-refractivity contribution is -0.141. The number of nitrogens with one attached hydrogen (secondary N) is 1. The minimum Gasteiger partial charge on any atom is -0.347 e. The van der Waals surface area contributed by atoms with E-state index in [1.165, 1.54) is 5.01 Å². The lowest BCUT2D eigenvalue weighted by atomic mass is 9.97. The normalized spacial score (nSPS) is 18.3. The summed E-state index contributed by atoms with van der Waals surface area (Å²) in [4.78, 5) is 21.4. The predicted octanol–water partition coefficient (Wildman–Crippen LogP) is 1.06. The van der Waals surface area contributed by atoms with Gasteiger partial charge < -0.3 is 5.32 Å². The van der Waals surface area contributed by atoms with E-state index in [1.807, 2.05) is 5.32 Å². The van der Waals surface area contributed by atoms with E-state index >= 15 is 0 Å². The molecule has 0 aromatic carbocycles. The molecule has 1 heterocycles. The lowest BCUT2D eigenvalue weighted by Gasteiger charge is -2.26. The molecule has 5 nitrogen and oxygen atoms in total. The fourth-order valence-electron chi connectivity index (χ4n) is 1.54. The molecule has 0 aromatic heterocycles. The molecule has 0 unspecified atom stereocenters. The van der Waals surface area contributed by atoms with Gasteiger partial charge in [0.1, 0.15) is 6.54 Å². The fraction of sp³-hybridized carbons (Fsp3) is 0.875. The largest absolute Gasteiger partial charge is 0.405 e. The van der Waals surface area contributed by atoms with E-state index in [0.29, 0.717) is 25.9 Å². The first kappa shape index (κ1) is 12.7. The molecule has 0 spiro atoms. The molecule has 0 atom stereocenters. The summed E-state index contributed by atoms with van der Waals surface area (Å²) in [6.07, 6.45) is -3.68. The molecule has 1 N–H and O–H groups in total. The summed E-state index contributed by atoms with van der Waals surface area (Å²) < 4.78 is 35.5. The van der Waals surface area contributed by atoms with Gasteiger partial charge in [0.25, 0.3) is 0 Å². The summed E-state index contributed by atoms with van der Waals surface area (Å²) in [5.74, 6) is -1.07. The van der Waals surface area contributed by atoms with Gasteiger partial charge in [-0.3, -0.25) is 9.80 Å². The highest BCUT2D eigenvalue weighted by Crippen LogP contribution is 2.18. The van der Waals surface area contributed by atoms with Gasteiger partial charge in [-0.05, 0) is 12.8 Å². The number of piperidine rings is 1. The third kappa shape index (κ3) is 4.03. The number of hydrogen-bond acceptors (Lipinski definition) is 3. The van der Waals surface area contributed by atoms with Crippen LogP contribution < -0.4 is 5.32 Å². The molecule has 0 bridgehead atoms. The van der Waals surface area contributed by atoms with Crippen molar-refractivity contribution >= 4 is 5.91 Å². The number of nitroso groups, excluding NO2 is 1. The van der Waals surface area contributed by atoms with Gasteiger partial charge in [-0.2, -0.15) is 13.2 Å². The zero-order chi connectivity index (χ0) is 12.2. The molecular formula is C8H12F3N3O2. The van der Waals surface area contributed by atoms with Gasteiger partial charge in [0.15, 0.2) is 0 Å². The van der Waals surface area contributed by atoms with Crippen molar-refractivity contribution in [1.29, 1.82) is 0 Å². The van der Waals surface area contributed by atoms with Gasteiger partial charge in [0, 0.05) is 19.0 Å². The summed E-state index contributed by atoms with van der Waals surface area (Å²) in [6.45, 7) is -0.681. The summed E-state index contributed by atoms with van der Waals surface area (Å²) in [5, 5.41) is 5.79. The number of halogens is 3. The van der Waals surface area contributed by atoms with E-state index in [-0.39, 0.29) is 0 Å². The third-order valence-electron chi connectivity index (χ3n) is 2.42. The highest BCUT2D eigenvalue weighted by atomic mass is 19.4. The van der Waals surface area contributed by atoms with E-state index < -0.39 is 24.5 Å². The maximum Gasteiger partial charge on any atom is 0.405 e. The van der Waals surface area contributed by atoms with Crippen molar-refractivity contribution in [3.8, 4) is 0 Å². The second-order valence-electron chi connectivity index (χ2n) is 3.64. The Balaban J connectivity index is 2.31. The second-order valence-corrected chi connectivity index (χ2v) is 3.64. The molecule has 1 aliphatic rings. The van der Waals surface area contributed by atoms with Crippen LogP contribution in [-0.4, -0.2) is 36.7 Å². The van der Waals surface area contributed by atoms with Crippen molar-refractivity contribution in [3.05, 3.63) is 4.91 Å². The minimum atomic E-state index is -4.39. The quantitative estimate of drug-likeness (QED) is 0.749. The zero-order valence-electron chi connectivity index (χ0n) is 8.46. The number of amides is 1. The highest BCUT2D eigenvalue weighted by molar-refractivity contribution is 5.78. The van der Waals surface area contributed by atoms with E-state index in [9.17, 15) is 22.9 Å². The molecule has 0 aliphatic carbocycles. The van der Waals surface area contributed by atoms with E-state index in [2.05, 4.69) is 5.29 Å². The second kappa shape index (κ2) is 5.13. The number of alkyl halides is 3. The Kier molecular flexibility index (Phi) is 4.08. The SMILES string of the molecule is O=NN1CCC(C(=O)NCC(F)(F)F)CC1. The standard InChI is InChI=1S/C8H12F3N3O2/c9-8(10,11)5-12-7(15)6-1-3-14(13-16)4-2-6/h6H,1-5H2,(H,12,15). The number of carbonyl (C=O) groups is 1. The van der Waals surface area contributed by atoms with E-state index in [4.69, 9.17) is 0 Å². The summed E-state index contributed by atoms with van der Waals surface area (Å²) in [5.41, 5.74) is 0. The van der Waals surface area contributed by atoms with Gasteiger partial charge >= 0.3 is 6.18 Å². The van der Waals surface area contributed by atoms with Crippen molar-refractivity contribution in [2.45, 2.75) is 19.0 Å². The predicted molar refractivity (Wildman–Crippen MR) is 49.2 cm³/mol. The Morgan fingerprint density at radius 1 is 1.38 bits per heavy atom. The minimum absolute atomic E-state index is 0.313. The molecule has 1 aliphatic heterocycles. The number of carbonyl (C=O) groups excluding carboxylic acids is 1. The molecule has 1 amide bonds. The van der Waals surface area contributed by atoms with Crippen LogP contribution in [0.2, 0.25) is 0 Å². The van der Waals surface area contributed by atoms with Crippen molar-refractivity contribution in [2.24, 2.45) is 11.2 Å². The van der Waals surface area contributed by atoms with Crippen LogP contribution in [0.4, 0.5) is 13.2 Å². The van der Waals surface area contributed by atoms with Crippen LogP contribution in [0.3, 0.4) is 0 Å². The van der Waals surface area contributed by atoms with Gasteiger partial charge in [0.2, 0.25) is 5.91 Å². The van der Waals surface area contributed by atoms with Crippen LogP contribution in [0.15, 0.2) is 5.29 Å². The van der Waals surface area contributed by atoms with Crippen LogP contribution in [0.1, 0.15) is 12.8 Å². The Morgan fingerprint density at radius 3 is 2.38 bits per heavy atom. The Morgan fingerprint density at radius 2 is 1.94 bits per heavy atom. The molecule has 8 heteroatoms. The number of nitrogens with zero attached hydrogens (tertiary/aromatic N) is 2. The molecular weight excluding hydrogens is 227 g/mol. The molecule has 1 fully saturated rings. The lowest BCUT2D eigenvalue weighted by Crippen LogP contribution is -2.41. The number of rotatable bonds is 3. The van der Waals surface area contributed by atoms with Crippen LogP contribution in [0, 0.1) is 10.8 Å². The Bertz CT molecular complexity index is 262. The Labute approximate surface area is 89.9 Å². The first-order valence-electron chi connectivity index (χ1n) is 4.85. The fourth-order valence-corrected chi connectivity index (χ4v) is 1.54. The summed E-state index contributed by atoms with van der Waals surface area (Å²) in [6, 6.07) is 0. The maximum absolute atomic E-state index is 11.8. The van der Waals surface area contributed by atoms with Crippen molar-refractivity contribution in [2.75, 3.05) is 19.6 Å². The van der Waals surface area contributed by atoms with Crippen LogP contribution >= 0.6 is 0 Å². The Hall–Kier alpha value is -1.34. The first-order chi connectivity index (χ1) is 7.42. The average Bonchev–Trinajstić information content (AvgIpc) is 2.25. The van der Waals surface area contributed by atoms with Crippen LogP contribution in [0.5, 0.6) is 0 Å². The molecule has 92 valence electrons. The van der Waals surface area contributed by atoms with E-state index in [0.717, 1.165) is 0 Å². The van der Waals surface area contributed by atoms with Crippen molar-refractivity contribution < 1.29 is 18.0 Å². The zero-order valence-corrected chi connectivity index (χ0v) is 8.46. The molecule has 16 heavy (non-hydrogen) atoms. The molecule has 0 aromatic rings. The highest BCUT2D eigenvalue weighted by Gasteiger charge is 2.30. The van der Waals surface area contributed by atoms with Gasteiger partial charge in [-0.1, -0.05) is 0 Å². The smallest absolute Gasteiger partial charge is 0.347 e. The molecule has 1 rings (SSSR count). The molecule has 0 saturated carbocycles. The van der Waals surface area contributed by atoms with Crippen LogP contribution in [0.25, 0.3) is 0 Å². The van der Waals surface area contributed by atoms with Crippen LogP contribution in [-0.2, 0) is 4.79 Å².